The summed E-state index contributed by atoms with van der Waals surface area (Å²) in [5.74, 6) is -0.256. The van der Waals surface area contributed by atoms with Crippen LogP contribution in [0.5, 0.6) is 5.75 Å². The SMILES string of the molecule is COc1cc(N=Nc2snc(C)c2C#N)c(C)cc1N=Nc1ccc(N(CCOC(C)=O)CCOC(C)=O)cc1C. The molecule has 0 fully saturated rings. The quantitative estimate of drug-likeness (QED) is 0.170. The Balaban J connectivity index is 1.80. The molecule has 0 amide bonds. The molecule has 0 bridgehead atoms. The maximum absolute atomic E-state index is 11.2. The zero-order chi connectivity index (χ0) is 29.9. The zero-order valence-electron chi connectivity index (χ0n) is 23.8. The molecule has 0 radical (unpaired) electrons. The summed E-state index contributed by atoms with van der Waals surface area (Å²) < 4.78 is 19.9. The number of esters is 2. The van der Waals surface area contributed by atoms with E-state index in [0.29, 0.717) is 52.2 Å². The van der Waals surface area contributed by atoms with Gasteiger partial charge in [-0.3, -0.25) is 9.59 Å². The zero-order valence-corrected chi connectivity index (χ0v) is 24.6. The van der Waals surface area contributed by atoms with Crippen molar-refractivity contribution in [3.05, 3.63) is 52.7 Å². The number of aryl methyl sites for hydroxylation is 3. The highest BCUT2D eigenvalue weighted by molar-refractivity contribution is 7.10. The lowest BCUT2D eigenvalue weighted by molar-refractivity contribution is -0.141. The fraction of sp³-hybridized carbons (Fsp3) is 0.357. The van der Waals surface area contributed by atoms with Crippen LogP contribution >= 0.6 is 11.5 Å². The van der Waals surface area contributed by atoms with Crippen LogP contribution in [0.4, 0.5) is 27.8 Å². The minimum atomic E-state index is -0.360. The van der Waals surface area contributed by atoms with Gasteiger partial charge in [-0.25, -0.2) is 0 Å². The number of nitrogens with zero attached hydrogens (tertiary/aromatic N) is 7. The molecule has 1 heterocycles. The average Bonchev–Trinajstić information content (AvgIpc) is 3.29. The van der Waals surface area contributed by atoms with Crippen LogP contribution in [0.2, 0.25) is 0 Å². The van der Waals surface area contributed by atoms with Gasteiger partial charge in [-0.15, -0.1) is 15.3 Å². The summed E-state index contributed by atoms with van der Waals surface area (Å²) in [4.78, 5) is 24.3. The van der Waals surface area contributed by atoms with Crippen molar-refractivity contribution >= 4 is 51.2 Å². The fourth-order valence-corrected chi connectivity index (χ4v) is 4.37. The highest BCUT2D eigenvalue weighted by Gasteiger charge is 2.13. The summed E-state index contributed by atoms with van der Waals surface area (Å²) in [6, 6.07) is 11.3. The largest absolute Gasteiger partial charge is 0.494 e. The molecule has 0 aliphatic heterocycles. The van der Waals surface area contributed by atoms with Crippen molar-refractivity contribution in [2.45, 2.75) is 34.6 Å². The molecule has 0 spiro atoms. The Morgan fingerprint density at radius 2 is 1.51 bits per heavy atom. The number of ether oxygens (including phenoxy) is 3. The average molecular weight is 578 g/mol. The predicted octanol–water partition coefficient (Wildman–Crippen LogP) is 6.71. The third kappa shape index (κ3) is 8.64. The standard InChI is InChI=1S/C28H31N7O5S/c1-17-13-22(35(9-11-39-20(4)36)10-12-40-21(5)37)7-8-24(17)30-32-26-14-18(2)25(15-27(26)38-6)31-33-28-23(16-29)19(3)34-41-28/h7-8,13-15H,9-12H2,1-6H3. The lowest BCUT2D eigenvalue weighted by Gasteiger charge is -2.25. The molecule has 0 aliphatic rings. The van der Waals surface area contributed by atoms with Crippen molar-refractivity contribution in [1.29, 1.82) is 5.26 Å². The van der Waals surface area contributed by atoms with Gasteiger partial charge in [0.25, 0.3) is 0 Å². The summed E-state index contributed by atoms with van der Waals surface area (Å²) >= 11 is 1.12. The Bertz CT molecular complexity index is 1490. The normalized spacial score (nSPS) is 11.0. The topological polar surface area (TPSA) is 151 Å². The van der Waals surface area contributed by atoms with E-state index < -0.39 is 0 Å². The van der Waals surface area contributed by atoms with Gasteiger partial charge in [0.2, 0.25) is 0 Å². The van der Waals surface area contributed by atoms with E-state index >= 15 is 0 Å². The number of hydrogen-bond donors (Lipinski definition) is 0. The lowest BCUT2D eigenvalue weighted by Crippen LogP contribution is -2.31. The fourth-order valence-electron chi connectivity index (χ4n) is 3.69. The molecular weight excluding hydrogens is 546 g/mol. The van der Waals surface area contributed by atoms with Crippen molar-refractivity contribution in [3.63, 3.8) is 0 Å². The third-order valence-electron chi connectivity index (χ3n) is 5.85. The van der Waals surface area contributed by atoms with Crippen molar-refractivity contribution in [2.75, 3.05) is 38.3 Å². The molecule has 0 saturated heterocycles. The van der Waals surface area contributed by atoms with E-state index in [1.165, 1.54) is 21.0 Å². The van der Waals surface area contributed by atoms with E-state index in [-0.39, 0.29) is 25.2 Å². The molecule has 2 aromatic carbocycles. The van der Waals surface area contributed by atoms with Crippen LogP contribution in [-0.2, 0) is 19.1 Å². The van der Waals surface area contributed by atoms with Gasteiger partial charge in [0.1, 0.15) is 36.3 Å². The Hall–Kier alpha value is -4.70. The number of anilines is 1. The van der Waals surface area contributed by atoms with E-state index in [9.17, 15) is 14.9 Å². The van der Waals surface area contributed by atoms with E-state index in [4.69, 9.17) is 14.2 Å². The number of benzene rings is 2. The van der Waals surface area contributed by atoms with Gasteiger partial charge in [-0.05, 0) is 67.7 Å². The van der Waals surface area contributed by atoms with E-state index in [1.54, 1.807) is 19.1 Å². The van der Waals surface area contributed by atoms with E-state index in [0.717, 1.165) is 28.3 Å². The first-order valence-electron chi connectivity index (χ1n) is 12.6. The summed E-state index contributed by atoms with van der Waals surface area (Å²) in [7, 11) is 1.53. The molecule has 1 aromatic heterocycles. The van der Waals surface area contributed by atoms with Crippen molar-refractivity contribution in [1.82, 2.24) is 4.37 Å². The van der Waals surface area contributed by atoms with Crippen molar-refractivity contribution < 1.29 is 23.8 Å². The first kappa shape index (κ1) is 30.8. The number of azo groups is 2. The number of hydrogen-bond acceptors (Lipinski definition) is 13. The molecule has 0 aliphatic carbocycles. The van der Waals surface area contributed by atoms with Gasteiger partial charge in [0.15, 0.2) is 5.00 Å². The first-order valence-corrected chi connectivity index (χ1v) is 13.4. The van der Waals surface area contributed by atoms with Gasteiger partial charge in [-0.2, -0.15) is 14.7 Å². The van der Waals surface area contributed by atoms with E-state index in [2.05, 4.69) is 30.9 Å². The van der Waals surface area contributed by atoms with Crippen LogP contribution in [0.1, 0.15) is 36.2 Å². The molecule has 214 valence electrons. The van der Waals surface area contributed by atoms with Gasteiger partial charge >= 0.3 is 11.9 Å². The van der Waals surface area contributed by atoms with Crippen LogP contribution in [0.3, 0.4) is 0 Å². The maximum Gasteiger partial charge on any atom is 0.302 e. The molecule has 41 heavy (non-hydrogen) atoms. The minimum absolute atomic E-state index is 0.202. The summed E-state index contributed by atoms with van der Waals surface area (Å²) in [6.07, 6.45) is 0. The number of nitriles is 1. The third-order valence-corrected chi connectivity index (χ3v) is 6.67. The molecule has 0 saturated carbocycles. The number of methoxy groups -OCH3 is 1. The lowest BCUT2D eigenvalue weighted by atomic mass is 10.1. The van der Waals surface area contributed by atoms with Crippen LogP contribution < -0.4 is 9.64 Å². The Morgan fingerprint density at radius 1 is 0.902 bits per heavy atom. The number of carbonyl (C=O) groups is 2. The molecule has 13 heteroatoms. The molecule has 0 unspecified atom stereocenters. The van der Waals surface area contributed by atoms with Crippen LogP contribution in [-0.4, -0.2) is 49.7 Å². The molecule has 3 aromatic rings. The monoisotopic (exact) mass is 577 g/mol. The van der Waals surface area contributed by atoms with Gasteiger partial charge < -0.3 is 19.1 Å². The second kappa shape index (κ2) is 14.6. The molecule has 0 N–H and O–H groups in total. The summed E-state index contributed by atoms with van der Waals surface area (Å²) in [6.45, 7) is 9.52. The van der Waals surface area contributed by atoms with Crippen LogP contribution in [0.25, 0.3) is 0 Å². The summed E-state index contributed by atoms with van der Waals surface area (Å²) in [5.41, 5.74) is 5.30. The van der Waals surface area contributed by atoms with Crippen LogP contribution in [0.15, 0.2) is 50.8 Å². The smallest absolute Gasteiger partial charge is 0.302 e. The predicted molar refractivity (Wildman–Crippen MR) is 154 cm³/mol. The van der Waals surface area contributed by atoms with Crippen LogP contribution in [0, 0.1) is 32.1 Å². The minimum Gasteiger partial charge on any atom is -0.494 e. The van der Waals surface area contributed by atoms with Crippen molar-refractivity contribution in [2.24, 2.45) is 20.5 Å². The first-order chi connectivity index (χ1) is 19.6. The van der Waals surface area contributed by atoms with Crippen molar-refractivity contribution in [3.8, 4) is 11.8 Å². The highest BCUT2D eigenvalue weighted by atomic mass is 32.1. The molecule has 3 rings (SSSR count). The van der Waals surface area contributed by atoms with Gasteiger partial charge in [0.05, 0.1) is 37.3 Å². The number of rotatable bonds is 12. The number of carbonyl (C=O) groups excluding carboxylic acids is 2. The Morgan fingerprint density at radius 3 is 2.10 bits per heavy atom. The molecule has 12 nitrogen and oxygen atoms in total. The number of aromatic nitrogens is 1. The Kier molecular flexibility index (Phi) is 11.0. The van der Waals surface area contributed by atoms with Gasteiger partial charge in [0, 0.05) is 25.6 Å². The van der Waals surface area contributed by atoms with Gasteiger partial charge in [-0.1, -0.05) is 0 Å². The Labute approximate surface area is 242 Å². The second-order valence-corrected chi connectivity index (χ2v) is 9.66. The second-order valence-electron chi connectivity index (χ2n) is 8.91. The van der Waals surface area contributed by atoms with E-state index in [1.807, 2.05) is 36.9 Å². The molecule has 0 atom stereocenters. The molecular formula is C28H31N7O5S. The highest BCUT2D eigenvalue weighted by Crippen LogP contribution is 2.38. The summed E-state index contributed by atoms with van der Waals surface area (Å²) in [5, 5.41) is 27.1. The maximum atomic E-state index is 11.2.